The van der Waals surface area contributed by atoms with Gasteiger partial charge in [0.15, 0.2) is 11.6 Å². The molecule has 2 fully saturated rings. The highest BCUT2D eigenvalue weighted by molar-refractivity contribution is 5.95. The number of halogens is 2. The van der Waals surface area contributed by atoms with Crippen molar-refractivity contribution in [3.8, 4) is 0 Å². The molecular weight excluding hydrogens is 394 g/mol. The zero-order chi connectivity index (χ0) is 22.0. The normalized spacial score (nSPS) is 25.9. The number of benzene rings is 2. The van der Waals surface area contributed by atoms with Gasteiger partial charge < -0.3 is 4.74 Å². The molecule has 0 radical (unpaired) electrons. The molecule has 0 saturated heterocycles. The van der Waals surface area contributed by atoms with E-state index in [1.165, 1.54) is 58.1 Å². The topological polar surface area (TPSA) is 26.3 Å². The number of unbranched alkanes of at least 4 members (excludes halogenated alkanes) is 2. The summed E-state index contributed by atoms with van der Waals surface area (Å²) in [4.78, 5) is 11.8. The van der Waals surface area contributed by atoms with E-state index in [-0.39, 0.29) is 16.9 Å². The lowest BCUT2D eigenvalue weighted by Crippen LogP contribution is -2.30. The summed E-state index contributed by atoms with van der Waals surface area (Å²) in [5.74, 6) is 0.203. The van der Waals surface area contributed by atoms with E-state index in [1.807, 2.05) is 0 Å². The van der Waals surface area contributed by atoms with Crippen molar-refractivity contribution in [1.82, 2.24) is 0 Å². The quantitative estimate of drug-likeness (QED) is 0.347. The molecule has 2 saturated carbocycles. The van der Waals surface area contributed by atoms with Crippen LogP contribution in [-0.4, -0.2) is 13.1 Å². The summed E-state index contributed by atoms with van der Waals surface area (Å²) in [5, 5.41) is 0.786. The fourth-order valence-corrected chi connectivity index (χ4v) is 6.10. The first-order valence-corrected chi connectivity index (χ1v) is 12.0. The number of rotatable bonds is 6. The summed E-state index contributed by atoms with van der Waals surface area (Å²) >= 11 is 0. The number of methoxy groups -OCH3 is 1. The predicted octanol–water partition coefficient (Wildman–Crippen LogP) is 7.78. The molecule has 0 N–H and O–H groups in total. The van der Waals surface area contributed by atoms with Gasteiger partial charge in [-0.05, 0) is 84.9 Å². The van der Waals surface area contributed by atoms with Gasteiger partial charge in [0, 0.05) is 5.39 Å². The van der Waals surface area contributed by atoms with Crippen molar-refractivity contribution in [1.29, 1.82) is 0 Å². The number of fused-ring (bicyclic) bond motifs is 2. The Morgan fingerprint density at radius 3 is 2.55 bits per heavy atom. The molecule has 2 unspecified atom stereocenters. The summed E-state index contributed by atoms with van der Waals surface area (Å²) in [6.07, 6.45) is 12.2. The molecule has 4 rings (SSSR count). The highest BCUT2D eigenvalue weighted by Gasteiger charge is 2.37. The van der Waals surface area contributed by atoms with Crippen molar-refractivity contribution in [2.75, 3.05) is 7.11 Å². The third-order valence-corrected chi connectivity index (χ3v) is 7.85. The molecule has 4 heteroatoms. The summed E-state index contributed by atoms with van der Waals surface area (Å²) in [5.41, 5.74) is 0.747. The Bertz CT molecular complexity index is 938. The first-order chi connectivity index (χ1) is 15.0. The van der Waals surface area contributed by atoms with Crippen molar-refractivity contribution in [3.63, 3.8) is 0 Å². The standard InChI is InChI=1S/C27H34F2O2/c1-3-4-5-6-17-7-8-19-14-20(10-9-18(19)13-17)23-15-21-11-12-22(27(30)31-2)16-24(21)26(29)25(23)28/h11-12,15-20H,3-10,13-14H2,1-2H3/t17?,18-,19+,20?/m0/s1. The molecule has 2 aromatic rings. The number of hydrogen-bond donors (Lipinski definition) is 0. The molecule has 2 aliphatic carbocycles. The molecule has 0 aromatic heterocycles. The van der Waals surface area contributed by atoms with Crippen LogP contribution in [0.1, 0.15) is 93.0 Å². The fourth-order valence-electron chi connectivity index (χ4n) is 6.10. The number of esters is 1. The molecule has 2 nitrogen and oxygen atoms in total. The van der Waals surface area contributed by atoms with Crippen LogP contribution in [0.3, 0.4) is 0 Å². The van der Waals surface area contributed by atoms with Gasteiger partial charge >= 0.3 is 5.97 Å². The molecule has 4 atom stereocenters. The Morgan fingerprint density at radius 1 is 1.00 bits per heavy atom. The minimum atomic E-state index is -0.847. The van der Waals surface area contributed by atoms with Gasteiger partial charge in [0.25, 0.3) is 0 Å². The number of carbonyl (C=O) groups excluding carboxylic acids is 1. The molecule has 0 heterocycles. The van der Waals surface area contributed by atoms with Gasteiger partial charge in [-0.15, -0.1) is 0 Å². The fraction of sp³-hybridized carbons (Fsp3) is 0.593. The maximum absolute atomic E-state index is 15.1. The molecule has 0 aliphatic heterocycles. The van der Waals surface area contributed by atoms with Gasteiger partial charge in [0.05, 0.1) is 12.7 Å². The van der Waals surface area contributed by atoms with E-state index < -0.39 is 17.6 Å². The largest absolute Gasteiger partial charge is 0.465 e. The summed E-state index contributed by atoms with van der Waals surface area (Å²) in [6, 6.07) is 6.50. The Labute approximate surface area is 184 Å². The minimum absolute atomic E-state index is 0.0806. The monoisotopic (exact) mass is 428 g/mol. The third-order valence-electron chi connectivity index (χ3n) is 7.85. The van der Waals surface area contributed by atoms with Crippen LogP contribution in [0.2, 0.25) is 0 Å². The van der Waals surface area contributed by atoms with Gasteiger partial charge in [-0.3, -0.25) is 0 Å². The van der Waals surface area contributed by atoms with Gasteiger partial charge in [-0.25, -0.2) is 13.6 Å². The molecular formula is C27H34F2O2. The minimum Gasteiger partial charge on any atom is -0.465 e. The highest BCUT2D eigenvalue weighted by atomic mass is 19.2. The maximum atomic E-state index is 15.1. The van der Waals surface area contributed by atoms with Gasteiger partial charge in [0.2, 0.25) is 0 Å². The number of ether oxygens (including phenoxy) is 1. The molecule has 31 heavy (non-hydrogen) atoms. The molecule has 2 aliphatic rings. The van der Waals surface area contributed by atoms with E-state index in [2.05, 4.69) is 6.92 Å². The molecule has 2 aromatic carbocycles. The van der Waals surface area contributed by atoms with Crippen LogP contribution >= 0.6 is 0 Å². The highest BCUT2D eigenvalue weighted by Crippen LogP contribution is 2.49. The lowest BCUT2D eigenvalue weighted by molar-refractivity contribution is 0.0601. The van der Waals surface area contributed by atoms with Crippen LogP contribution in [0.4, 0.5) is 8.78 Å². The van der Waals surface area contributed by atoms with Crippen molar-refractivity contribution in [3.05, 3.63) is 47.0 Å². The first kappa shape index (κ1) is 22.2. The van der Waals surface area contributed by atoms with Crippen molar-refractivity contribution >= 4 is 16.7 Å². The number of hydrogen-bond acceptors (Lipinski definition) is 2. The SMILES string of the molecule is CCCCCC1CC[C@@H]2CC(c3cc4ccc(C(=O)OC)cc4c(F)c3F)CC[C@H]2C1. The van der Waals surface area contributed by atoms with Crippen molar-refractivity contribution in [2.24, 2.45) is 17.8 Å². The average Bonchev–Trinajstić information content (AvgIpc) is 2.80. The second kappa shape index (κ2) is 9.67. The van der Waals surface area contributed by atoms with Crippen LogP contribution in [0, 0.1) is 29.4 Å². The van der Waals surface area contributed by atoms with E-state index in [0.29, 0.717) is 16.9 Å². The lowest BCUT2D eigenvalue weighted by atomic mass is 9.63. The van der Waals surface area contributed by atoms with Gasteiger partial charge in [0.1, 0.15) is 0 Å². The van der Waals surface area contributed by atoms with Crippen LogP contribution in [-0.2, 0) is 4.74 Å². The predicted molar refractivity (Wildman–Crippen MR) is 120 cm³/mol. The van der Waals surface area contributed by atoms with Gasteiger partial charge in [-0.2, -0.15) is 0 Å². The Hall–Kier alpha value is -1.97. The van der Waals surface area contributed by atoms with E-state index in [1.54, 1.807) is 18.2 Å². The molecule has 0 spiro atoms. The Balaban J connectivity index is 1.50. The Morgan fingerprint density at radius 2 is 1.77 bits per heavy atom. The molecule has 168 valence electrons. The van der Waals surface area contributed by atoms with Crippen molar-refractivity contribution in [2.45, 2.75) is 77.0 Å². The van der Waals surface area contributed by atoms with Crippen LogP contribution < -0.4 is 0 Å². The van der Waals surface area contributed by atoms with Crippen LogP contribution in [0.15, 0.2) is 24.3 Å². The van der Waals surface area contributed by atoms with Crippen LogP contribution in [0.25, 0.3) is 10.8 Å². The number of carbonyl (C=O) groups is 1. The molecule has 0 bridgehead atoms. The summed E-state index contributed by atoms with van der Waals surface area (Å²) < 4.78 is 34.8. The zero-order valence-electron chi connectivity index (χ0n) is 18.8. The molecule has 0 amide bonds. The van der Waals surface area contributed by atoms with E-state index in [0.717, 1.165) is 31.1 Å². The first-order valence-electron chi connectivity index (χ1n) is 12.0. The second-order valence-electron chi connectivity index (χ2n) is 9.73. The average molecular weight is 429 g/mol. The zero-order valence-corrected chi connectivity index (χ0v) is 18.8. The smallest absolute Gasteiger partial charge is 0.337 e. The van der Waals surface area contributed by atoms with E-state index in [9.17, 15) is 9.18 Å². The summed E-state index contributed by atoms with van der Waals surface area (Å²) in [7, 11) is 1.28. The third kappa shape index (κ3) is 4.63. The summed E-state index contributed by atoms with van der Waals surface area (Å²) in [6.45, 7) is 2.25. The Kier molecular flexibility index (Phi) is 6.93. The van der Waals surface area contributed by atoms with E-state index in [4.69, 9.17) is 4.74 Å². The maximum Gasteiger partial charge on any atom is 0.337 e. The lowest BCUT2D eigenvalue weighted by Gasteiger charge is -2.42. The van der Waals surface area contributed by atoms with Gasteiger partial charge in [-0.1, -0.05) is 45.1 Å². The van der Waals surface area contributed by atoms with E-state index >= 15 is 4.39 Å². The van der Waals surface area contributed by atoms with Crippen molar-refractivity contribution < 1.29 is 18.3 Å². The second-order valence-corrected chi connectivity index (χ2v) is 9.73. The van der Waals surface area contributed by atoms with Crippen LogP contribution in [0.5, 0.6) is 0 Å².